The molecule has 98 valence electrons. The molecule has 0 fully saturated rings. The molecule has 0 aromatic heterocycles. The van der Waals surface area contributed by atoms with E-state index in [0.717, 1.165) is 6.42 Å². The number of ether oxygens (including phenoxy) is 1. The largest absolute Gasteiger partial charge is 0.480 e. The van der Waals surface area contributed by atoms with Gasteiger partial charge >= 0.3 is 11.9 Å². The van der Waals surface area contributed by atoms with E-state index in [1.165, 1.54) is 0 Å². The smallest absolute Gasteiger partial charge is 0.322 e. The predicted molar refractivity (Wildman–Crippen MR) is 59.1 cm³/mol. The highest BCUT2D eigenvalue weighted by molar-refractivity contribution is 5.82. The molecule has 1 atom stereocenters. The molecule has 0 unspecified atom stereocenters. The van der Waals surface area contributed by atoms with Crippen LogP contribution in [0.3, 0.4) is 0 Å². The summed E-state index contributed by atoms with van der Waals surface area (Å²) in [6.07, 6.45) is 0.675. The maximum absolute atomic E-state index is 11.2. The molecule has 0 saturated heterocycles. The number of hydrogen-bond donors (Lipinski definition) is 3. The van der Waals surface area contributed by atoms with Crippen molar-refractivity contribution in [1.29, 1.82) is 0 Å². The fourth-order valence-electron chi connectivity index (χ4n) is 0.903. The Morgan fingerprint density at radius 3 is 2.53 bits per heavy atom. The molecular formula is C10H18N2O5. The molecule has 1 amide bonds. The van der Waals surface area contributed by atoms with E-state index < -0.39 is 23.9 Å². The molecule has 0 rings (SSSR count). The summed E-state index contributed by atoms with van der Waals surface area (Å²) in [5.41, 5.74) is 5.18. The summed E-state index contributed by atoms with van der Waals surface area (Å²) in [7, 11) is 0. The molecule has 0 radical (unpaired) electrons. The number of nitrogens with two attached hydrogens (primary N) is 1. The Morgan fingerprint density at radius 2 is 2.00 bits per heavy atom. The zero-order valence-electron chi connectivity index (χ0n) is 9.77. The van der Waals surface area contributed by atoms with E-state index in [0.29, 0.717) is 6.61 Å². The molecule has 4 N–H and O–H groups in total. The molecule has 17 heavy (non-hydrogen) atoms. The summed E-state index contributed by atoms with van der Waals surface area (Å²) < 4.78 is 4.77. The van der Waals surface area contributed by atoms with Gasteiger partial charge in [0.2, 0.25) is 5.91 Å². The van der Waals surface area contributed by atoms with Gasteiger partial charge in [0.1, 0.15) is 6.04 Å². The predicted octanol–water partition coefficient (Wildman–Crippen LogP) is -0.752. The number of aliphatic carboxylic acids is 1. The Hall–Kier alpha value is -1.63. The maximum Gasteiger partial charge on any atom is 0.322 e. The zero-order valence-corrected chi connectivity index (χ0v) is 9.77. The lowest BCUT2D eigenvalue weighted by molar-refractivity contribution is -0.145. The molecule has 0 aromatic carbocycles. The van der Waals surface area contributed by atoms with Gasteiger partial charge in [0, 0.05) is 13.0 Å². The summed E-state index contributed by atoms with van der Waals surface area (Å²) >= 11 is 0. The highest BCUT2D eigenvalue weighted by Gasteiger charge is 2.13. The number of rotatable bonds is 8. The first-order valence-electron chi connectivity index (χ1n) is 5.38. The normalized spacial score (nSPS) is 11.6. The van der Waals surface area contributed by atoms with Crippen molar-refractivity contribution in [2.45, 2.75) is 32.2 Å². The van der Waals surface area contributed by atoms with E-state index in [1.807, 2.05) is 6.92 Å². The van der Waals surface area contributed by atoms with Crippen LogP contribution in [-0.2, 0) is 19.1 Å². The van der Waals surface area contributed by atoms with Gasteiger partial charge in [-0.05, 0) is 6.42 Å². The minimum absolute atomic E-state index is 0.0197. The number of carboxylic acids is 1. The van der Waals surface area contributed by atoms with Crippen LogP contribution in [0, 0.1) is 0 Å². The third kappa shape index (κ3) is 8.21. The third-order valence-corrected chi connectivity index (χ3v) is 1.86. The van der Waals surface area contributed by atoms with Gasteiger partial charge in [-0.2, -0.15) is 0 Å². The molecule has 0 aliphatic carbocycles. The van der Waals surface area contributed by atoms with Crippen molar-refractivity contribution in [3.05, 3.63) is 0 Å². The molecule has 0 spiro atoms. The molecule has 0 aromatic rings. The van der Waals surface area contributed by atoms with Gasteiger partial charge in [0.25, 0.3) is 0 Å². The number of hydrogen-bond acceptors (Lipinski definition) is 5. The van der Waals surface area contributed by atoms with Crippen LogP contribution in [0.2, 0.25) is 0 Å². The Balaban J connectivity index is 3.66. The van der Waals surface area contributed by atoms with Crippen LogP contribution in [0.1, 0.15) is 26.2 Å². The Labute approximate surface area is 99.3 Å². The Kier molecular flexibility index (Phi) is 7.70. The van der Waals surface area contributed by atoms with Gasteiger partial charge in [0.15, 0.2) is 0 Å². The van der Waals surface area contributed by atoms with Crippen LogP contribution in [0.25, 0.3) is 0 Å². The van der Waals surface area contributed by atoms with Crippen molar-refractivity contribution in [2.24, 2.45) is 5.73 Å². The van der Waals surface area contributed by atoms with E-state index >= 15 is 0 Å². The van der Waals surface area contributed by atoms with Crippen molar-refractivity contribution in [3.8, 4) is 0 Å². The van der Waals surface area contributed by atoms with Crippen LogP contribution in [0.15, 0.2) is 0 Å². The average molecular weight is 246 g/mol. The van der Waals surface area contributed by atoms with Crippen LogP contribution in [-0.4, -0.2) is 42.1 Å². The van der Waals surface area contributed by atoms with Gasteiger partial charge in [-0.1, -0.05) is 6.92 Å². The van der Waals surface area contributed by atoms with Crippen molar-refractivity contribution in [1.82, 2.24) is 5.32 Å². The average Bonchev–Trinajstić information content (AvgIpc) is 2.30. The van der Waals surface area contributed by atoms with E-state index in [-0.39, 0.29) is 19.4 Å². The summed E-state index contributed by atoms with van der Waals surface area (Å²) in [5, 5.41) is 10.8. The van der Waals surface area contributed by atoms with Crippen molar-refractivity contribution in [2.75, 3.05) is 13.2 Å². The van der Waals surface area contributed by atoms with Gasteiger partial charge < -0.3 is 20.9 Å². The number of carbonyl (C=O) groups is 3. The molecule has 0 saturated carbocycles. The number of carbonyl (C=O) groups excluding carboxylic acids is 2. The first-order valence-corrected chi connectivity index (χ1v) is 5.38. The fraction of sp³-hybridized carbons (Fsp3) is 0.700. The fourth-order valence-corrected chi connectivity index (χ4v) is 0.903. The van der Waals surface area contributed by atoms with Gasteiger partial charge in [-0.3, -0.25) is 14.4 Å². The number of nitrogens with one attached hydrogen (secondary N) is 1. The minimum Gasteiger partial charge on any atom is -0.480 e. The summed E-state index contributed by atoms with van der Waals surface area (Å²) in [4.78, 5) is 32.6. The third-order valence-electron chi connectivity index (χ3n) is 1.86. The van der Waals surface area contributed by atoms with Crippen LogP contribution in [0.5, 0.6) is 0 Å². The Bertz CT molecular complexity index is 280. The standard InChI is InChI=1S/C10H18N2O5/c1-2-5-17-9(14)4-3-8(13)12-6-7(11)10(15)16/h7H,2-6,11H2,1H3,(H,12,13)(H,15,16)/t7-/m0/s1. The molecule has 0 aliphatic heterocycles. The highest BCUT2D eigenvalue weighted by Crippen LogP contribution is 1.94. The highest BCUT2D eigenvalue weighted by atomic mass is 16.5. The lowest BCUT2D eigenvalue weighted by atomic mass is 10.2. The van der Waals surface area contributed by atoms with Crippen LogP contribution >= 0.6 is 0 Å². The molecule has 0 bridgehead atoms. The molecule has 7 nitrogen and oxygen atoms in total. The monoisotopic (exact) mass is 246 g/mol. The lowest BCUT2D eigenvalue weighted by Crippen LogP contribution is -2.42. The first kappa shape index (κ1) is 15.4. The maximum atomic E-state index is 11.2. The van der Waals surface area contributed by atoms with E-state index in [2.05, 4.69) is 5.32 Å². The van der Waals surface area contributed by atoms with Crippen LogP contribution in [0.4, 0.5) is 0 Å². The molecular weight excluding hydrogens is 228 g/mol. The quantitative estimate of drug-likeness (QED) is 0.485. The number of esters is 1. The first-order chi connectivity index (χ1) is 7.97. The topological polar surface area (TPSA) is 119 Å². The van der Waals surface area contributed by atoms with Gasteiger partial charge in [0.05, 0.1) is 13.0 Å². The molecule has 7 heteroatoms. The van der Waals surface area contributed by atoms with Crippen LogP contribution < -0.4 is 11.1 Å². The second-order valence-electron chi connectivity index (χ2n) is 3.47. The van der Waals surface area contributed by atoms with E-state index in [4.69, 9.17) is 15.6 Å². The van der Waals surface area contributed by atoms with Crippen molar-refractivity contribution >= 4 is 17.8 Å². The van der Waals surface area contributed by atoms with E-state index in [1.54, 1.807) is 0 Å². The zero-order chi connectivity index (χ0) is 13.3. The number of carboxylic acid groups (broad SMARTS) is 1. The lowest BCUT2D eigenvalue weighted by Gasteiger charge is -2.08. The summed E-state index contributed by atoms with van der Waals surface area (Å²) in [6.45, 7) is 2.05. The summed E-state index contributed by atoms with van der Waals surface area (Å²) in [6, 6.07) is -1.13. The SMILES string of the molecule is CCCOC(=O)CCC(=O)NC[C@H](N)C(=O)O. The van der Waals surface area contributed by atoms with Gasteiger partial charge in [-0.25, -0.2) is 0 Å². The van der Waals surface area contributed by atoms with E-state index in [9.17, 15) is 14.4 Å². The second kappa shape index (κ2) is 8.51. The number of amides is 1. The summed E-state index contributed by atoms with van der Waals surface area (Å²) in [5.74, 6) is -2.05. The second-order valence-corrected chi connectivity index (χ2v) is 3.47. The Morgan fingerprint density at radius 1 is 1.35 bits per heavy atom. The van der Waals surface area contributed by atoms with Gasteiger partial charge in [-0.15, -0.1) is 0 Å². The molecule has 0 heterocycles. The van der Waals surface area contributed by atoms with Crippen molar-refractivity contribution in [3.63, 3.8) is 0 Å². The molecule has 0 aliphatic rings. The van der Waals surface area contributed by atoms with Crippen molar-refractivity contribution < 1.29 is 24.2 Å². The minimum atomic E-state index is -1.19.